The van der Waals surface area contributed by atoms with E-state index < -0.39 is 0 Å². The second-order valence-corrected chi connectivity index (χ2v) is 23.8. The lowest BCUT2D eigenvalue weighted by molar-refractivity contribution is -0.143. The van der Waals surface area contributed by atoms with Gasteiger partial charge in [0.25, 0.3) is 0 Å². The van der Waals surface area contributed by atoms with Crippen LogP contribution < -0.4 is 9.47 Å². The fourth-order valence-electron chi connectivity index (χ4n) is 8.06. The highest BCUT2D eigenvalue weighted by Crippen LogP contribution is 2.23. The van der Waals surface area contributed by atoms with Crippen molar-refractivity contribution in [3.8, 4) is 11.5 Å². The molecule has 0 amide bonds. The zero-order valence-corrected chi connectivity index (χ0v) is 61.7. The summed E-state index contributed by atoms with van der Waals surface area (Å²) in [5, 5.41) is 0. The van der Waals surface area contributed by atoms with Crippen LogP contribution in [0.4, 0.5) is 0 Å². The number of rotatable bonds is 27. The molecule has 0 spiro atoms. The summed E-state index contributed by atoms with van der Waals surface area (Å²) in [7, 11) is 1.64. The molecule has 5 atom stereocenters. The number of carbonyl (C=O) groups excluding carboxylic acids is 5. The number of benzene rings is 6. The second kappa shape index (κ2) is 50.3. The second-order valence-electron chi connectivity index (χ2n) is 23.8. The number of methoxy groups -OCH3 is 1. The molecule has 0 aliphatic rings. The molecule has 0 aliphatic carbocycles. The summed E-state index contributed by atoms with van der Waals surface area (Å²) in [6.45, 7) is 32.2. The Hall–Kier alpha value is -10.1. The van der Waals surface area contributed by atoms with Crippen molar-refractivity contribution in [3.05, 3.63) is 291 Å². The molecule has 6 aromatic rings. The number of aryl methyl sites for hydroxylation is 6. The van der Waals surface area contributed by atoms with Gasteiger partial charge in [-0.2, -0.15) is 0 Å². The molecule has 526 valence electrons. The quantitative estimate of drug-likeness (QED) is 0.0160. The van der Waals surface area contributed by atoms with Crippen molar-refractivity contribution >= 4 is 60.2 Å². The van der Waals surface area contributed by atoms with Gasteiger partial charge in [-0.3, -0.25) is 0 Å². The molecular weight excluding hydrogens is 1230 g/mol. The molecule has 0 saturated carbocycles. The predicted molar refractivity (Wildman–Crippen MR) is 412 cm³/mol. The van der Waals surface area contributed by atoms with Gasteiger partial charge in [-0.25, -0.2) is 24.0 Å². The third kappa shape index (κ3) is 39.6. The molecule has 99 heavy (non-hydrogen) atoms. The highest BCUT2D eigenvalue weighted by atomic mass is 16.6. The molecule has 0 heterocycles. The summed E-state index contributed by atoms with van der Waals surface area (Å²) in [5.74, 6) is 0.332. The monoisotopic (exact) mass is 1340 g/mol. The van der Waals surface area contributed by atoms with Gasteiger partial charge in [0.05, 0.1) is 31.5 Å². The Morgan fingerprint density at radius 1 is 0.333 bits per heavy atom. The maximum Gasteiger partial charge on any atom is 0.336 e. The minimum Gasteiger partial charge on any atom is -0.497 e. The van der Waals surface area contributed by atoms with E-state index in [0.717, 1.165) is 65.7 Å². The van der Waals surface area contributed by atoms with Crippen LogP contribution >= 0.6 is 0 Å². The van der Waals surface area contributed by atoms with Crippen LogP contribution in [0.2, 0.25) is 0 Å². The zero-order valence-electron chi connectivity index (χ0n) is 61.7. The first kappa shape index (κ1) is 85.0. The molecule has 0 aromatic heterocycles. The molecule has 6 rings (SSSR count). The van der Waals surface area contributed by atoms with Crippen molar-refractivity contribution in [2.45, 2.75) is 173 Å². The molecular formula is C88H108O11. The van der Waals surface area contributed by atoms with Gasteiger partial charge in [0.2, 0.25) is 0 Å². The molecule has 0 radical (unpaired) electrons. The van der Waals surface area contributed by atoms with E-state index in [2.05, 4.69) is 97.0 Å². The van der Waals surface area contributed by atoms with Crippen LogP contribution in [0.3, 0.4) is 0 Å². The minimum atomic E-state index is -0.373. The molecule has 11 nitrogen and oxygen atoms in total. The Bertz CT molecular complexity index is 3680. The fraction of sp³-hybridized carbons (Fsp3) is 0.307. The van der Waals surface area contributed by atoms with E-state index in [-0.39, 0.29) is 54.3 Å². The Labute approximate surface area is 592 Å². The van der Waals surface area contributed by atoms with Crippen LogP contribution in [0.1, 0.15) is 174 Å². The first-order valence-electron chi connectivity index (χ1n) is 34.2. The number of carbonyl (C=O) groups is 5. The van der Waals surface area contributed by atoms with Crippen LogP contribution in [0, 0.1) is 41.5 Å². The molecule has 0 saturated heterocycles. The largest absolute Gasteiger partial charge is 0.497 e. The van der Waals surface area contributed by atoms with Gasteiger partial charge in [-0.15, -0.1) is 0 Å². The van der Waals surface area contributed by atoms with E-state index in [1.54, 1.807) is 37.5 Å². The Balaban J connectivity index is 0.000000424. The first-order chi connectivity index (χ1) is 47.4. The molecule has 6 aromatic carbocycles. The van der Waals surface area contributed by atoms with Gasteiger partial charge in [0.1, 0.15) is 11.5 Å². The van der Waals surface area contributed by atoms with Gasteiger partial charge in [0.15, 0.2) is 0 Å². The van der Waals surface area contributed by atoms with Crippen molar-refractivity contribution in [2.75, 3.05) is 7.11 Å². The van der Waals surface area contributed by atoms with Crippen molar-refractivity contribution in [3.63, 3.8) is 0 Å². The van der Waals surface area contributed by atoms with Crippen molar-refractivity contribution < 1.29 is 52.4 Å². The normalized spacial score (nSPS) is 12.9. The fourth-order valence-corrected chi connectivity index (χ4v) is 8.06. The topological polar surface area (TPSA) is 141 Å². The predicted octanol–water partition coefficient (Wildman–Crippen LogP) is 21.6. The molecule has 0 bridgehead atoms. The minimum absolute atomic E-state index is 0.0229. The average Bonchev–Trinajstić information content (AvgIpc) is 1.11. The summed E-state index contributed by atoms with van der Waals surface area (Å²) in [4.78, 5) is 57.3. The number of ether oxygens (including phenoxy) is 6. The maximum atomic E-state index is 11.9. The number of hydrogen-bond acceptors (Lipinski definition) is 11. The summed E-state index contributed by atoms with van der Waals surface area (Å²) < 4.78 is 31.0. The SMILES string of the molecule is CCC(C)OC(=O)/C=C/C=C/c1cc(C)ccc1C.CCC(C)OC(=O)/C=C/C=C/c1cc(OC)ccc1C.CCC(C)OC(=O)/C=C/C=C/c1ccc(C)cc1.CCC(C)OC(=O)/C=C/C=C/c1ccccc1.CCC(C)c1ccc(OC(=O)/C=C/C=C/c2cc(C)ccc2C)cc1. The Morgan fingerprint density at radius 2 is 0.657 bits per heavy atom. The van der Waals surface area contributed by atoms with E-state index in [4.69, 9.17) is 28.4 Å². The molecule has 5 unspecified atom stereocenters. The molecule has 0 fully saturated rings. The maximum absolute atomic E-state index is 11.9. The van der Waals surface area contributed by atoms with Gasteiger partial charge < -0.3 is 28.4 Å². The standard InChI is InChI=1S/C23H26O2.C17H22O3.C17H22O2.C16H20O2.C15H18O2/c1-5-18(3)20-12-14-22(15-13-20)25-23(24)9-7-6-8-21-16-17(2)10-11-19(21)4;1-5-14(3)20-17(18)9-7-6-8-15-12-16(19-4)11-10-13(15)2;1-5-15(4)19-17(18)9-7-6-8-16-12-13(2)10-11-14(16)3;1-4-14(3)18-16(17)8-6-5-7-15-11-9-13(2)10-12-15;1-3-13(2)17-15(16)12-8-7-11-14-9-5-4-6-10-14/h6-16,18H,5H2,1-4H3;6-12,14H,5H2,1-4H3;6-12,15H,5H2,1-4H3;5-12,14H,4H2,1-3H3;4-13H,3H2,1-2H3/b3*8-6+,9-7+;7-5+,8-6+;11-7+,12-8+. The van der Waals surface area contributed by atoms with Crippen molar-refractivity contribution in [1.82, 2.24) is 0 Å². The lowest BCUT2D eigenvalue weighted by Gasteiger charge is -2.09. The molecule has 11 heteroatoms. The van der Waals surface area contributed by atoms with Crippen molar-refractivity contribution in [2.24, 2.45) is 0 Å². The van der Waals surface area contributed by atoms with E-state index >= 15 is 0 Å². The van der Waals surface area contributed by atoms with Crippen LogP contribution in [-0.4, -0.2) is 61.4 Å². The summed E-state index contributed by atoms with van der Waals surface area (Å²) in [6, 6.07) is 44.3. The highest BCUT2D eigenvalue weighted by molar-refractivity contribution is 5.85. The lowest BCUT2D eigenvalue weighted by atomic mass is 9.99. The van der Waals surface area contributed by atoms with Crippen LogP contribution in [0.15, 0.2) is 225 Å². The first-order valence-corrected chi connectivity index (χ1v) is 34.2. The van der Waals surface area contributed by atoms with E-state index in [9.17, 15) is 24.0 Å². The lowest BCUT2D eigenvalue weighted by Crippen LogP contribution is -2.11. The van der Waals surface area contributed by atoms with Crippen LogP contribution in [0.5, 0.6) is 11.5 Å². The summed E-state index contributed by atoms with van der Waals surface area (Å²) in [5.41, 5.74) is 14.1. The van der Waals surface area contributed by atoms with Crippen LogP contribution in [0.25, 0.3) is 30.4 Å². The summed E-state index contributed by atoms with van der Waals surface area (Å²) in [6.07, 6.45) is 39.0. The zero-order chi connectivity index (χ0) is 73.3. The third-order valence-corrected chi connectivity index (χ3v) is 15.2. The van der Waals surface area contributed by atoms with E-state index in [0.29, 0.717) is 11.7 Å². The highest BCUT2D eigenvalue weighted by Gasteiger charge is 2.08. The number of allylic oxidation sites excluding steroid dienone is 10. The van der Waals surface area contributed by atoms with Crippen LogP contribution in [-0.2, 0) is 42.9 Å². The molecule has 0 N–H and O–H groups in total. The van der Waals surface area contributed by atoms with Gasteiger partial charge in [0, 0.05) is 30.4 Å². The Morgan fingerprint density at radius 3 is 1.02 bits per heavy atom. The smallest absolute Gasteiger partial charge is 0.336 e. The number of esters is 5. The summed E-state index contributed by atoms with van der Waals surface area (Å²) >= 11 is 0. The average molecular weight is 1340 g/mol. The number of hydrogen-bond donors (Lipinski definition) is 0. The third-order valence-electron chi connectivity index (χ3n) is 15.2. The van der Waals surface area contributed by atoms with Crippen molar-refractivity contribution in [1.29, 1.82) is 0 Å². The van der Waals surface area contributed by atoms with Gasteiger partial charge in [-0.1, -0.05) is 259 Å². The van der Waals surface area contributed by atoms with Gasteiger partial charge >= 0.3 is 29.8 Å². The van der Waals surface area contributed by atoms with Gasteiger partial charge in [-0.05, 0) is 182 Å². The molecule has 0 aliphatic heterocycles. The van der Waals surface area contributed by atoms with E-state index in [1.807, 2.05) is 208 Å². The van der Waals surface area contributed by atoms with E-state index in [1.165, 1.54) is 69.3 Å². The Kier molecular flexibility index (Phi) is 43.1.